The summed E-state index contributed by atoms with van der Waals surface area (Å²) in [5.41, 5.74) is 0.923. The standard InChI is InChI=1S/C9H17N3O2S2/c1-3-10-4-5-16(13,14)11-6-9-12-8(2)7-15-9/h7,10-11H,3-6H2,1-2H3. The lowest BCUT2D eigenvalue weighted by molar-refractivity contribution is 0.577. The molecule has 1 aromatic heterocycles. The Kier molecular flexibility index (Phi) is 5.33. The number of rotatable bonds is 7. The monoisotopic (exact) mass is 263 g/mol. The summed E-state index contributed by atoms with van der Waals surface area (Å²) in [6.07, 6.45) is 0. The first kappa shape index (κ1) is 13.6. The molecule has 0 radical (unpaired) electrons. The Morgan fingerprint density at radius 2 is 2.25 bits per heavy atom. The van der Waals surface area contributed by atoms with Crippen molar-refractivity contribution in [1.82, 2.24) is 15.0 Å². The minimum atomic E-state index is -3.19. The molecular formula is C9H17N3O2S2. The Bertz CT molecular complexity index is 414. The van der Waals surface area contributed by atoms with Gasteiger partial charge in [0.15, 0.2) is 0 Å². The molecule has 5 nitrogen and oxygen atoms in total. The van der Waals surface area contributed by atoms with Crippen LogP contribution in [0, 0.1) is 6.92 Å². The maximum absolute atomic E-state index is 11.5. The summed E-state index contributed by atoms with van der Waals surface area (Å²) in [7, 11) is -3.19. The third-order valence-electron chi connectivity index (χ3n) is 1.91. The largest absolute Gasteiger partial charge is 0.316 e. The zero-order chi connectivity index (χ0) is 12.0. The van der Waals surface area contributed by atoms with E-state index in [1.165, 1.54) is 11.3 Å². The van der Waals surface area contributed by atoms with Crippen molar-refractivity contribution in [2.75, 3.05) is 18.8 Å². The van der Waals surface area contributed by atoms with Crippen LogP contribution in [-0.2, 0) is 16.6 Å². The fraction of sp³-hybridized carbons (Fsp3) is 0.667. The van der Waals surface area contributed by atoms with Gasteiger partial charge in [0.2, 0.25) is 10.0 Å². The van der Waals surface area contributed by atoms with Crippen LogP contribution in [0.5, 0.6) is 0 Å². The highest BCUT2D eigenvalue weighted by molar-refractivity contribution is 7.89. The molecule has 1 aromatic rings. The second-order valence-electron chi connectivity index (χ2n) is 3.38. The van der Waals surface area contributed by atoms with E-state index in [1.54, 1.807) is 0 Å². The van der Waals surface area contributed by atoms with Crippen molar-refractivity contribution in [2.45, 2.75) is 20.4 Å². The van der Waals surface area contributed by atoms with Crippen LogP contribution in [-0.4, -0.2) is 32.2 Å². The molecule has 1 rings (SSSR count). The Balaban J connectivity index is 2.36. The lowest BCUT2D eigenvalue weighted by Crippen LogP contribution is -2.31. The van der Waals surface area contributed by atoms with E-state index >= 15 is 0 Å². The molecule has 0 saturated heterocycles. The summed E-state index contributed by atoms with van der Waals surface area (Å²) in [4.78, 5) is 4.19. The van der Waals surface area contributed by atoms with E-state index in [4.69, 9.17) is 0 Å². The zero-order valence-corrected chi connectivity index (χ0v) is 11.1. The number of hydrogen-bond acceptors (Lipinski definition) is 5. The molecule has 16 heavy (non-hydrogen) atoms. The number of nitrogens with zero attached hydrogens (tertiary/aromatic N) is 1. The van der Waals surface area contributed by atoms with Crippen molar-refractivity contribution < 1.29 is 8.42 Å². The smallest absolute Gasteiger partial charge is 0.213 e. The van der Waals surface area contributed by atoms with E-state index in [-0.39, 0.29) is 12.3 Å². The van der Waals surface area contributed by atoms with Crippen molar-refractivity contribution in [3.63, 3.8) is 0 Å². The Labute approximate surface area is 100 Å². The van der Waals surface area contributed by atoms with Crippen LogP contribution in [0.3, 0.4) is 0 Å². The fourth-order valence-corrected chi connectivity index (χ4v) is 2.83. The van der Waals surface area contributed by atoms with Gasteiger partial charge in [0.05, 0.1) is 12.3 Å². The average molecular weight is 263 g/mol. The van der Waals surface area contributed by atoms with Gasteiger partial charge in [0, 0.05) is 17.6 Å². The van der Waals surface area contributed by atoms with Crippen molar-refractivity contribution in [2.24, 2.45) is 0 Å². The molecule has 2 N–H and O–H groups in total. The molecule has 0 saturated carbocycles. The number of aromatic nitrogens is 1. The number of sulfonamides is 1. The predicted molar refractivity (Wildman–Crippen MR) is 66.0 cm³/mol. The molecule has 0 aliphatic rings. The molecule has 0 aliphatic heterocycles. The zero-order valence-electron chi connectivity index (χ0n) is 9.49. The van der Waals surface area contributed by atoms with E-state index in [0.29, 0.717) is 6.54 Å². The lowest BCUT2D eigenvalue weighted by Gasteiger charge is -2.05. The van der Waals surface area contributed by atoms with Crippen LogP contribution < -0.4 is 10.0 Å². The SMILES string of the molecule is CCNCCS(=O)(=O)NCc1nc(C)cs1. The normalized spacial score (nSPS) is 11.9. The maximum Gasteiger partial charge on any atom is 0.213 e. The third-order valence-corrected chi connectivity index (χ3v) is 4.20. The van der Waals surface area contributed by atoms with Gasteiger partial charge in [-0.25, -0.2) is 18.1 Å². The fourth-order valence-electron chi connectivity index (χ4n) is 1.11. The van der Waals surface area contributed by atoms with Gasteiger partial charge in [0.1, 0.15) is 5.01 Å². The lowest BCUT2D eigenvalue weighted by atomic mass is 10.6. The van der Waals surface area contributed by atoms with Gasteiger partial charge in [-0.1, -0.05) is 6.92 Å². The van der Waals surface area contributed by atoms with Gasteiger partial charge < -0.3 is 5.32 Å². The summed E-state index contributed by atoms with van der Waals surface area (Å²) in [6, 6.07) is 0. The molecule has 0 fully saturated rings. The maximum atomic E-state index is 11.5. The molecule has 92 valence electrons. The van der Waals surface area contributed by atoms with Gasteiger partial charge >= 0.3 is 0 Å². The predicted octanol–water partition coefficient (Wildman–Crippen LogP) is 0.480. The second-order valence-corrected chi connectivity index (χ2v) is 6.25. The Hall–Kier alpha value is -0.500. The summed E-state index contributed by atoms with van der Waals surface area (Å²) < 4.78 is 25.6. The minimum Gasteiger partial charge on any atom is -0.316 e. The summed E-state index contributed by atoms with van der Waals surface area (Å²) >= 11 is 1.46. The first-order valence-electron chi connectivity index (χ1n) is 5.12. The molecule has 0 atom stereocenters. The summed E-state index contributed by atoms with van der Waals surface area (Å²) in [5, 5.41) is 5.68. The van der Waals surface area contributed by atoms with Crippen LogP contribution in [0.15, 0.2) is 5.38 Å². The first-order chi connectivity index (χ1) is 7.53. The van der Waals surface area contributed by atoms with Crippen molar-refractivity contribution in [1.29, 1.82) is 0 Å². The summed E-state index contributed by atoms with van der Waals surface area (Å²) in [6.45, 7) is 5.37. The molecule has 0 spiro atoms. The number of nitrogens with one attached hydrogen (secondary N) is 2. The second kappa shape index (κ2) is 6.29. The topological polar surface area (TPSA) is 71.1 Å². The molecule has 0 aromatic carbocycles. The number of hydrogen-bond donors (Lipinski definition) is 2. The van der Waals surface area contributed by atoms with Crippen molar-refractivity contribution in [3.05, 3.63) is 16.1 Å². The molecule has 0 bridgehead atoms. The van der Waals surface area contributed by atoms with Crippen LogP contribution >= 0.6 is 11.3 Å². The van der Waals surface area contributed by atoms with Crippen LogP contribution in [0.25, 0.3) is 0 Å². The van der Waals surface area contributed by atoms with Gasteiger partial charge in [-0.3, -0.25) is 0 Å². The van der Waals surface area contributed by atoms with Crippen molar-refractivity contribution >= 4 is 21.4 Å². The molecule has 1 heterocycles. The van der Waals surface area contributed by atoms with Gasteiger partial charge in [-0.05, 0) is 13.5 Å². The number of aryl methyl sites for hydroxylation is 1. The van der Waals surface area contributed by atoms with E-state index in [1.807, 2.05) is 19.2 Å². The van der Waals surface area contributed by atoms with Gasteiger partial charge in [-0.15, -0.1) is 11.3 Å². The van der Waals surface area contributed by atoms with Gasteiger partial charge in [0.25, 0.3) is 0 Å². The van der Waals surface area contributed by atoms with E-state index < -0.39 is 10.0 Å². The highest BCUT2D eigenvalue weighted by atomic mass is 32.2. The first-order valence-corrected chi connectivity index (χ1v) is 7.66. The highest BCUT2D eigenvalue weighted by Gasteiger charge is 2.10. The van der Waals surface area contributed by atoms with E-state index in [0.717, 1.165) is 17.2 Å². The highest BCUT2D eigenvalue weighted by Crippen LogP contribution is 2.08. The van der Waals surface area contributed by atoms with Crippen LogP contribution in [0.4, 0.5) is 0 Å². The van der Waals surface area contributed by atoms with E-state index in [9.17, 15) is 8.42 Å². The minimum absolute atomic E-state index is 0.102. The van der Waals surface area contributed by atoms with E-state index in [2.05, 4.69) is 15.0 Å². The Morgan fingerprint density at radius 3 is 2.81 bits per heavy atom. The number of thiazole rings is 1. The Morgan fingerprint density at radius 1 is 1.50 bits per heavy atom. The molecule has 7 heteroatoms. The third kappa shape index (κ3) is 5.02. The van der Waals surface area contributed by atoms with Crippen LogP contribution in [0.1, 0.15) is 17.6 Å². The molecule has 0 unspecified atom stereocenters. The van der Waals surface area contributed by atoms with Crippen LogP contribution in [0.2, 0.25) is 0 Å². The van der Waals surface area contributed by atoms with Gasteiger partial charge in [-0.2, -0.15) is 0 Å². The molecule has 0 amide bonds. The quantitative estimate of drug-likeness (QED) is 0.702. The average Bonchev–Trinajstić information content (AvgIpc) is 2.62. The molecule has 0 aliphatic carbocycles. The molecular weight excluding hydrogens is 246 g/mol. The summed E-state index contributed by atoms with van der Waals surface area (Å²) in [5.74, 6) is 0.102. The van der Waals surface area contributed by atoms with Crippen molar-refractivity contribution in [3.8, 4) is 0 Å².